The van der Waals surface area contributed by atoms with Crippen LogP contribution in [0.4, 0.5) is 13.2 Å². The van der Waals surface area contributed by atoms with Crippen molar-refractivity contribution < 1.29 is 18.0 Å². The second-order valence-corrected chi connectivity index (χ2v) is 10.8. The van der Waals surface area contributed by atoms with Crippen LogP contribution in [-0.4, -0.2) is 43.2 Å². The van der Waals surface area contributed by atoms with Crippen molar-refractivity contribution in [3.63, 3.8) is 0 Å². The molecule has 34 heavy (non-hydrogen) atoms. The minimum atomic E-state index is -4.61. The quantitative estimate of drug-likeness (QED) is 0.542. The first-order valence-corrected chi connectivity index (χ1v) is 11.9. The fourth-order valence-corrected chi connectivity index (χ4v) is 5.54. The Morgan fingerprint density at radius 1 is 1.15 bits per heavy atom. The van der Waals surface area contributed by atoms with Crippen molar-refractivity contribution in [2.75, 3.05) is 13.1 Å². The van der Waals surface area contributed by atoms with E-state index in [-0.39, 0.29) is 34.1 Å². The molecule has 1 saturated heterocycles. The molecule has 180 valence electrons. The summed E-state index contributed by atoms with van der Waals surface area (Å²) >= 11 is 0.957. The Bertz CT molecular complexity index is 1320. The van der Waals surface area contributed by atoms with Crippen molar-refractivity contribution in [2.24, 2.45) is 5.92 Å². The zero-order valence-electron chi connectivity index (χ0n) is 19.0. The predicted molar refractivity (Wildman–Crippen MR) is 120 cm³/mol. The second-order valence-electron chi connectivity index (χ2n) is 10.00. The third-order valence-electron chi connectivity index (χ3n) is 6.43. The summed E-state index contributed by atoms with van der Waals surface area (Å²) in [7, 11) is 0. The van der Waals surface area contributed by atoms with Crippen LogP contribution in [0.15, 0.2) is 34.4 Å². The average Bonchev–Trinajstić information content (AvgIpc) is 3.41. The maximum Gasteiger partial charge on any atom is 0.433 e. The third kappa shape index (κ3) is 3.95. The van der Waals surface area contributed by atoms with Crippen molar-refractivity contribution in [2.45, 2.75) is 51.2 Å². The summed E-state index contributed by atoms with van der Waals surface area (Å²) in [4.78, 5) is 31.4. The van der Waals surface area contributed by atoms with Crippen LogP contribution in [0.5, 0.6) is 0 Å². The highest BCUT2D eigenvalue weighted by Gasteiger charge is 2.39. The molecular weight excluding hydrogens is 467 g/mol. The van der Waals surface area contributed by atoms with Gasteiger partial charge in [0.05, 0.1) is 5.69 Å². The molecule has 0 aromatic carbocycles. The Hall–Kier alpha value is -2.95. The third-order valence-corrected chi connectivity index (χ3v) is 7.24. The molecular formula is C23H24F3N5O2S. The number of thiazole rings is 1. The van der Waals surface area contributed by atoms with Gasteiger partial charge in [0.2, 0.25) is 5.13 Å². The summed E-state index contributed by atoms with van der Waals surface area (Å²) in [6.45, 7) is 6.83. The van der Waals surface area contributed by atoms with Gasteiger partial charge in [-0.2, -0.15) is 18.3 Å². The molecule has 1 amide bonds. The van der Waals surface area contributed by atoms with Gasteiger partial charge in [-0.3, -0.25) is 9.59 Å². The number of hydrogen-bond acceptors (Lipinski definition) is 5. The van der Waals surface area contributed by atoms with Crippen LogP contribution in [0.2, 0.25) is 0 Å². The van der Waals surface area contributed by atoms with Gasteiger partial charge in [-0.15, -0.1) is 11.3 Å². The van der Waals surface area contributed by atoms with Crippen molar-refractivity contribution in [3.8, 4) is 5.13 Å². The smallest absolute Gasteiger partial charge is 0.336 e. The van der Waals surface area contributed by atoms with Gasteiger partial charge in [-0.25, -0.2) is 9.67 Å². The monoisotopic (exact) mass is 491 g/mol. The summed E-state index contributed by atoms with van der Waals surface area (Å²) < 4.78 is 43.6. The summed E-state index contributed by atoms with van der Waals surface area (Å²) in [6, 6.07) is 6.23. The molecule has 2 bridgehead atoms. The number of likely N-dealkylation sites (tertiary alicyclic amines) is 1. The number of carbonyl (C=O) groups excluding carboxylic acids is 1. The van der Waals surface area contributed by atoms with Crippen LogP contribution < -0.4 is 5.56 Å². The summed E-state index contributed by atoms with van der Waals surface area (Å²) in [5.41, 5.74) is -0.218. The molecule has 0 saturated carbocycles. The lowest BCUT2D eigenvalue weighted by molar-refractivity contribution is -0.142. The zero-order valence-corrected chi connectivity index (χ0v) is 19.8. The van der Waals surface area contributed by atoms with Gasteiger partial charge in [0.1, 0.15) is 5.69 Å². The van der Waals surface area contributed by atoms with Gasteiger partial charge in [-0.1, -0.05) is 26.8 Å². The molecule has 0 unspecified atom stereocenters. The van der Waals surface area contributed by atoms with Gasteiger partial charge >= 0.3 is 6.18 Å². The van der Waals surface area contributed by atoms with Crippen molar-refractivity contribution in [3.05, 3.63) is 62.8 Å². The molecule has 3 aromatic heterocycles. The lowest BCUT2D eigenvalue weighted by Gasteiger charge is -2.42. The zero-order chi connectivity index (χ0) is 24.4. The first-order valence-electron chi connectivity index (χ1n) is 11.0. The van der Waals surface area contributed by atoms with Gasteiger partial charge < -0.3 is 9.47 Å². The second kappa shape index (κ2) is 7.79. The predicted octanol–water partition coefficient (Wildman–Crippen LogP) is 4.07. The van der Waals surface area contributed by atoms with Crippen LogP contribution in [0.3, 0.4) is 0 Å². The number of fused-ring (bicyclic) bond motifs is 4. The van der Waals surface area contributed by atoms with E-state index in [4.69, 9.17) is 0 Å². The lowest BCUT2D eigenvalue weighted by Crippen LogP contribution is -2.49. The van der Waals surface area contributed by atoms with E-state index in [2.05, 4.69) is 10.1 Å². The van der Waals surface area contributed by atoms with Gasteiger partial charge in [0, 0.05) is 48.1 Å². The normalized spacial score (nSPS) is 20.4. The Morgan fingerprint density at radius 2 is 1.91 bits per heavy atom. The van der Waals surface area contributed by atoms with Gasteiger partial charge in [-0.05, 0) is 24.5 Å². The van der Waals surface area contributed by atoms with Crippen LogP contribution in [0.1, 0.15) is 60.7 Å². The Kier molecular flexibility index (Phi) is 5.23. The molecule has 5 heterocycles. The lowest BCUT2D eigenvalue weighted by atomic mass is 9.83. The highest BCUT2D eigenvalue weighted by molar-refractivity contribution is 7.12. The Morgan fingerprint density at radius 3 is 2.62 bits per heavy atom. The van der Waals surface area contributed by atoms with Crippen LogP contribution in [0, 0.1) is 5.92 Å². The molecule has 0 N–H and O–H groups in total. The summed E-state index contributed by atoms with van der Waals surface area (Å²) in [6.07, 6.45) is -3.71. The molecule has 0 aliphatic carbocycles. The molecule has 0 radical (unpaired) electrons. The number of hydrogen-bond donors (Lipinski definition) is 0. The van der Waals surface area contributed by atoms with Crippen molar-refractivity contribution in [1.29, 1.82) is 0 Å². The van der Waals surface area contributed by atoms with E-state index in [9.17, 15) is 22.8 Å². The molecule has 1 fully saturated rings. The first kappa shape index (κ1) is 22.8. The maximum absolute atomic E-state index is 13.7. The fourth-order valence-electron chi connectivity index (χ4n) is 4.78. The molecule has 5 rings (SSSR count). The van der Waals surface area contributed by atoms with E-state index < -0.39 is 17.3 Å². The number of amides is 1. The minimum Gasteiger partial charge on any atom is -0.336 e. The molecule has 3 aromatic rings. The van der Waals surface area contributed by atoms with E-state index in [0.29, 0.717) is 25.3 Å². The fraction of sp³-hybridized carbons (Fsp3) is 0.478. The van der Waals surface area contributed by atoms with E-state index in [1.54, 1.807) is 42.4 Å². The number of pyridine rings is 1. The summed E-state index contributed by atoms with van der Waals surface area (Å²) in [5.74, 6) is -0.132. The maximum atomic E-state index is 13.7. The number of nitrogens with zero attached hydrogens (tertiary/aromatic N) is 5. The van der Waals surface area contributed by atoms with Gasteiger partial charge in [0.25, 0.3) is 11.5 Å². The number of carbonyl (C=O) groups is 1. The van der Waals surface area contributed by atoms with E-state index in [1.807, 2.05) is 6.07 Å². The van der Waals surface area contributed by atoms with E-state index in [1.165, 1.54) is 5.38 Å². The standard InChI is InChI=1S/C23H24F3N5O2S/c1-22(2,3)17-8-18(23(24,25)26)31(28-17)21-27-15(12-34-21)20(33)29-9-13-7-14(11-29)16-5-4-6-19(32)30(16)10-13/h4-6,8,12-14H,7,9-11H2,1-3H3/t13-,14+/m1/s1. The summed E-state index contributed by atoms with van der Waals surface area (Å²) in [5, 5.41) is 5.66. The molecule has 11 heteroatoms. The molecule has 2 atom stereocenters. The number of alkyl halides is 3. The highest BCUT2D eigenvalue weighted by Crippen LogP contribution is 2.37. The number of aromatic nitrogens is 4. The van der Waals surface area contributed by atoms with E-state index >= 15 is 0 Å². The van der Waals surface area contributed by atoms with Crippen LogP contribution in [0.25, 0.3) is 5.13 Å². The van der Waals surface area contributed by atoms with Crippen molar-refractivity contribution >= 4 is 17.2 Å². The molecule has 2 aliphatic rings. The number of rotatable bonds is 2. The largest absolute Gasteiger partial charge is 0.433 e. The molecule has 7 nitrogen and oxygen atoms in total. The van der Waals surface area contributed by atoms with Crippen LogP contribution >= 0.6 is 11.3 Å². The molecule has 0 spiro atoms. The number of piperidine rings is 1. The average molecular weight is 492 g/mol. The minimum absolute atomic E-state index is 0.000256. The van der Waals surface area contributed by atoms with Gasteiger partial charge in [0.15, 0.2) is 5.69 Å². The first-order chi connectivity index (χ1) is 15.9. The highest BCUT2D eigenvalue weighted by atomic mass is 32.1. The van der Waals surface area contributed by atoms with Crippen molar-refractivity contribution in [1.82, 2.24) is 24.2 Å². The van der Waals surface area contributed by atoms with Crippen LogP contribution in [-0.2, 0) is 18.1 Å². The molecule has 2 aliphatic heterocycles. The Balaban J connectivity index is 1.43. The SMILES string of the molecule is CC(C)(C)c1cc(C(F)(F)F)n(-c2nc(C(=O)N3C[C@H]4C[C@@H](C3)c3cccc(=O)n3C4)cs2)n1. The van der Waals surface area contributed by atoms with E-state index in [0.717, 1.165) is 34.2 Å². The Labute approximate surface area is 197 Å². The number of halogens is 3. The topological polar surface area (TPSA) is 73.0 Å².